The number of hydrazine groups is 1. The number of carbonyl (C=O) groups is 2. The minimum Gasteiger partial charge on any atom is -0.381 e. The van der Waals surface area contributed by atoms with Crippen LogP contribution in [0.1, 0.15) is 39.5 Å². The summed E-state index contributed by atoms with van der Waals surface area (Å²) in [4.78, 5) is 31.5. The fraction of sp³-hybridized carbons (Fsp3) is 0.364. The summed E-state index contributed by atoms with van der Waals surface area (Å²) in [7, 11) is 1.84. The molecule has 0 radical (unpaired) electrons. The van der Waals surface area contributed by atoms with Crippen molar-refractivity contribution in [3.05, 3.63) is 40.0 Å². The molecule has 3 aromatic rings. The van der Waals surface area contributed by atoms with Gasteiger partial charge in [0, 0.05) is 31.9 Å². The molecule has 5 rings (SSSR count). The van der Waals surface area contributed by atoms with Gasteiger partial charge in [0.05, 0.1) is 38.1 Å². The molecular formula is C22H24N6O3S. The van der Waals surface area contributed by atoms with Gasteiger partial charge >= 0.3 is 6.03 Å². The predicted molar refractivity (Wildman–Crippen MR) is 122 cm³/mol. The van der Waals surface area contributed by atoms with Gasteiger partial charge < -0.3 is 10.1 Å². The van der Waals surface area contributed by atoms with E-state index < -0.39 is 0 Å². The smallest absolute Gasteiger partial charge is 0.333 e. The predicted octanol–water partition coefficient (Wildman–Crippen LogP) is 3.51. The van der Waals surface area contributed by atoms with Crippen molar-refractivity contribution in [3.63, 3.8) is 0 Å². The zero-order chi connectivity index (χ0) is 22.4. The highest BCUT2D eigenvalue weighted by molar-refractivity contribution is 7.15. The molecule has 10 heteroatoms. The van der Waals surface area contributed by atoms with E-state index in [9.17, 15) is 9.59 Å². The normalized spacial score (nSPS) is 15.7. The molecule has 2 aromatic heterocycles. The summed E-state index contributed by atoms with van der Waals surface area (Å²) in [5.41, 5.74) is 7.16. The number of hydrogen-bond donors (Lipinski definition) is 3. The first kappa shape index (κ1) is 20.8. The first-order valence-corrected chi connectivity index (χ1v) is 11.3. The van der Waals surface area contributed by atoms with Crippen LogP contribution < -0.4 is 10.7 Å². The number of H-pyrrole nitrogens is 1. The maximum atomic E-state index is 13.5. The van der Waals surface area contributed by atoms with Gasteiger partial charge in [0.15, 0.2) is 5.78 Å². The number of urea groups is 1. The molecule has 0 bridgehead atoms. The lowest BCUT2D eigenvalue weighted by molar-refractivity contribution is 0.0312. The second-order valence-corrected chi connectivity index (χ2v) is 9.25. The quantitative estimate of drug-likeness (QED) is 0.409. The fourth-order valence-electron chi connectivity index (χ4n) is 4.38. The van der Waals surface area contributed by atoms with Crippen LogP contribution in [0, 0.1) is 13.8 Å². The van der Waals surface area contributed by atoms with Crippen molar-refractivity contribution in [1.29, 1.82) is 0 Å². The lowest BCUT2D eigenvalue weighted by atomic mass is 10.1. The molecule has 32 heavy (non-hydrogen) atoms. The standard InChI is InChI=1S/C22H24N6O3S/c1-11-21(32-12(2)23-11)19-17-18(25-26-19)14-5-4-6-15(16(14)20(17)29)24-22(30)27-28(3)13-7-9-31-10-8-13/h4-6,13H,7-10H2,1-3H3,(H,25,26)(H2,24,27,30). The molecule has 1 fully saturated rings. The number of aromatic amines is 1. The highest BCUT2D eigenvalue weighted by Gasteiger charge is 2.36. The number of benzene rings is 1. The number of nitrogens with one attached hydrogen (secondary N) is 3. The number of aromatic nitrogens is 3. The zero-order valence-corrected chi connectivity index (χ0v) is 18.9. The third-order valence-electron chi connectivity index (χ3n) is 5.94. The second kappa shape index (κ2) is 8.12. The van der Waals surface area contributed by atoms with Crippen LogP contribution in [0.2, 0.25) is 0 Å². The lowest BCUT2D eigenvalue weighted by Crippen LogP contribution is -2.49. The van der Waals surface area contributed by atoms with E-state index in [1.165, 1.54) is 11.3 Å². The number of thiazole rings is 1. The van der Waals surface area contributed by atoms with E-state index in [-0.39, 0.29) is 17.9 Å². The SMILES string of the molecule is Cc1nc(C)c(-c2[nH]nc3c2C(=O)c2c(NC(=O)NN(C)C4CCOCC4)cccc2-3)s1. The third-order valence-corrected chi connectivity index (χ3v) is 7.03. The van der Waals surface area contributed by atoms with Crippen molar-refractivity contribution < 1.29 is 14.3 Å². The summed E-state index contributed by atoms with van der Waals surface area (Å²) in [6, 6.07) is 5.24. The molecule has 2 amide bonds. The van der Waals surface area contributed by atoms with Crippen molar-refractivity contribution in [1.82, 2.24) is 25.6 Å². The summed E-state index contributed by atoms with van der Waals surface area (Å²) < 4.78 is 5.38. The van der Waals surface area contributed by atoms with Gasteiger partial charge in [0.25, 0.3) is 0 Å². The molecule has 0 unspecified atom stereocenters. The van der Waals surface area contributed by atoms with Gasteiger partial charge in [-0.3, -0.25) is 15.3 Å². The maximum absolute atomic E-state index is 13.5. The summed E-state index contributed by atoms with van der Waals surface area (Å²) in [6.07, 6.45) is 1.71. The number of fused-ring (bicyclic) bond motifs is 3. The number of ketones is 1. The number of hydrogen-bond acceptors (Lipinski definition) is 7. The van der Waals surface area contributed by atoms with Crippen LogP contribution in [-0.4, -0.2) is 58.3 Å². The molecule has 9 nitrogen and oxygen atoms in total. The van der Waals surface area contributed by atoms with E-state index in [4.69, 9.17) is 4.74 Å². The van der Waals surface area contributed by atoms with Gasteiger partial charge in [-0.1, -0.05) is 12.1 Å². The molecule has 1 saturated heterocycles. The molecule has 3 heterocycles. The number of amides is 2. The van der Waals surface area contributed by atoms with Gasteiger partial charge in [-0.2, -0.15) is 5.10 Å². The monoisotopic (exact) mass is 452 g/mol. The van der Waals surface area contributed by atoms with E-state index in [0.29, 0.717) is 47.0 Å². The van der Waals surface area contributed by atoms with Gasteiger partial charge in [-0.25, -0.2) is 14.8 Å². The molecule has 1 aromatic carbocycles. The highest BCUT2D eigenvalue weighted by atomic mass is 32.1. The molecule has 0 spiro atoms. The molecule has 0 atom stereocenters. The van der Waals surface area contributed by atoms with Crippen LogP contribution in [0.4, 0.5) is 10.5 Å². The topological polar surface area (TPSA) is 112 Å². The molecule has 2 aliphatic rings. The number of ether oxygens (including phenoxy) is 1. The van der Waals surface area contributed by atoms with E-state index in [1.807, 2.05) is 33.0 Å². The molecule has 166 valence electrons. The van der Waals surface area contributed by atoms with Gasteiger partial charge in [0.2, 0.25) is 0 Å². The Labute approximate surface area is 189 Å². The summed E-state index contributed by atoms with van der Waals surface area (Å²) >= 11 is 1.53. The first-order valence-electron chi connectivity index (χ1n) is 10.5. The average molecular weight is 453 g/mol. The Bertz CT molecular complexity index is 1210. The third kappa shape index (κ3) is 3.50. The van der Waals surface area contributed by atoms with Crippen LogP contribution in [0.25, 0.3) is 21.8 Å². The highest BCUT2D eigenvalue weighted by Crippen LogP contribution is 2.44. The molecule has 1 aliphatic carbocycles. The van der Waals surface area contributed by atoms with Crippen LogP contribution in [0.3, 0.4) is 0 Å². The lowest BCUT2D eigenvalue weighted by Gasteiger charge is -2.31. The Morgan fingerprint density at radius 2 is 2.03 bits per heavy atom. The second-order valence-electron chi connectivity index (χ2n) is 8.05. The number of rotatable bonds is 4. The van der Waals surface area contributed by atoms with Crippen molar-refractivity contribution in [3.8, 4) is 21.8 Å². The van der Waals surface area contributed by atoms with Gasteiger partial charge in [-0.05, 0) is 32.8 Å². The van der Waals surface area contributed by atoms with E-state index in [1.54, 1.807) is 11.1 Å². The number of aryl methyl sites for hydroxylation is 2. The summed E-state index contributed by atoms with van der Waals surface area (Å²) in [5.74, 6) is -0.155. The summed E-state index contributed by atoms with van der Waals surface area (Å²) in [6.45, 7) is 5.23. The number of nitrogens with zero attached hydrogens (tertiary/aromatic N) is 3. The van der Waals surface area contributed by atoms with Crippen LogP contribution in [-0.2, 0) is 4.74 Å². The summed E-state index contributed by atoms with van der Waals surface area (Å²) in [5, 5.41) is 13.0. The van der Waals surface area contributed by atoms with Crippen molar-refractivity contribution in [2.45, 2.75) is 32.7 Å². The Hall–Kier alpha value is -3.08. The van der Waals surface area contributed by atoms with E-state index in [0.717, 1.165) is 28.4 Å². The van der Waals surface area contributed by atoms with Crippen molar-refractivity contribution >= 4 is 28.8 Å². The molecular weight excluding hydrogens is 428 g/mol. The van der Waals surface area contributed by atoms with Crippen LogP contribution >= 0.6 is 11.3 Å². The van der Waals surface area contributed by atoms with E-state index in [2.05, 4.69) is 25.9 Å². The maximum Gasteiger partial charge on any atom is 0.333 e. The minimum absolute atomic E-state index is 0.155. The van der Waals surface area contributed by atoms with Crippen LogP contribution in [0.5, 0.6) is 0 Å². The molecule has 3 N–H and O–H groups in total. The zero-order valence-electron chi connectivity index (χ0n) is 18.1. The van der Waals surface area contributed by atoms with Crippen molar-refractivity contribution in [2.24, 2.45) is 0 Å². The van der Waals surface area contributed by atoms with Gasteiger partial charge in [0.1, 0.15) is 5.69 Å². The largest absolute Gasteiger partial charge is 0.381 e. The van der Waals surface area contributed by atoms with Crippen molar-refractivity contribution in [2.75, 3.05) is 25.6 Å². The van der Waals surface area contributed by atoms with E-state index >= 15 is 0 Å². The number of anilines is 1. The Balaban J connectivity index is 1.40. The first-order chi connectivity index (χ1) is 15.4. The Kier molecular flexibility index (Phi) is 5.28. The van der Waals surface area contributed by atoms with Crippen LogP contribution in [0.15, 0.2) is 18.2 Å². The fourth-order valence-corrected chi connectivity index (χ4v) is 5.30. The molecule has 0 saturated carbocycles. The number of carbonyl (C=O) groups excluding carboxylic acids is 2. The Morgan fingerprint density at radius 3 is 2.75 bits per heavy atom. The van der Waals surface area contributed by atoms with Gasteiger partial charge in [-0.15, -0.1) is 11.3 Å². The minimum atomic E-state index is -0.388. The average Bonchev–Trinajstić information content (AvgIpc) is 3.43. The Morgan fingerprint density at radius 1 is 1.25 bits per heavy atom. The molecule has 1 aliphatic heterocycles.